The Labute approximate surface area is 174 Å². The summed E-state index contributed by atoms with van der Waals surface area (Å²) in [5, 5.41) is 0. The predicted octanol–water partition coefficient (Wildman–Crippen LogP) is 4.62. The van der Waals surface area contributed by atoms with Crippen molar-refractivity contribution >= 4 is 23.2 Å². The highest BCUT2D eigenvalue weighted by atomic mass is 32.1. The molecule has 1 saturated heterocycles. The van der Waals surface area contributed by atoms with E-state index in [0.717, 1.165) is 43.6 Å². The first-order valence-electron chi connectivity index (χ1n) is 10.9. The third-order valence-corrected chi connectivity index (χ3v) is 7.95. The first kappa shape index (κ1) is 21.4. The van der Waals surface area contributed by atoms with Crippen molar-refractivity contribution in [3.8, 4) is 0 Å². The number of nitrogens with zero attached hydrogens (tertiary/aromatic N) is 2. The van der Waals surface area contributed by atoms with Crippen molar-refractivity contribution in [3.63, 3.8) is 0 Å². The van der Waals surface area contributed by atoms with E-state index in [1.54, 1.807) is 11.3 Å². The molecule has 4 nitrogen and oxygen atoms in total. The summed E-state index contributed by atoms with van der Waals surface area (Å²) in [6.45, 7) is 14.0. The summed E-state index contributed by atoms with van der Waals surface area (Å²) in [6.07, 6.45) is 5.01. The Balaban J connectivity index is 1.61. The van der Waals surface area contributed by atoms with Crippen LogP contribution < -0.4 is 0 Å². The number of thiophene rings is 1. The Morgan fingerprint density at radius 2 is 1.79 bits per heavy atom. The highest BCUT2D eigenvalue weighted by molar-refractivity contribution is 7.14. The van der Waals surface area contributed by atoms with Crippen LogP contribution in [0.1, 0.15) is 74.0 Å². The molecule has 0 saturated carbocycles. The molecule has 1 aliphatic heterocycles. The number of hydrogen-bond acceptors (Lipinski definition) is 3. The predicted molar refractivity (Wildman–Crippen MR) is 116 cm³/mol. The molecule has 0 aromatic carbocycles. The third-order valence-electron chi connectivity index (χ3n) is 6.72. The summed E-state index contributed by atoms with van der Waals surface area (Å²) in [5.41, 5.74) is 1.72. The van der Waals surface area contributed by atoms with Gasteiger partial charge in [0, 0.05) is 37.0 Å². The van der Waals surface area contributed by atoms with Crippen LogP contribution in [-0.4, -0.2) is 47.8 Å². The van der Waals surface area contributed by atoms with E-state index in [1.807, 2.05) is 23.6 Å². The molecular weight excluding hydrogens is 368 g/mol. The van der Waals surface area contributed by atoms with Crippen LogP contribution in [0.15, 0.2) is 6.07 Å². The quantitative estimate of drug-likeness (QED) is 0.735. The Morgan fingerprint density at radius 3 is 2.36 bits per heavy atom. The molecule has 28 heavy (non-hydrogen) atoms. The van der Waals surface area contributed by atoms with Gasteiger partial charge in [-0.15, -0.1) is 11.3 Å². The van der Waals surface area contributed by atoms with Gasteiger partial charge in [-0.2, -0.15) is 0 Å². The Morgan fingerprint density at radius 1 is 1.14 bits per heavy atom. The maximum absolute atomic E-state index is 13.1. The van der Waals surface area contributed by atoms with Crippen molar-refractivity contribution in [1.82, 2.24) is 9.80 Å². The van der Waals surface area contributed by atoms with Crippen LogP contribution in [0.25, 0.3) is 0 Å². The summed E-state index contributed by atoms with van der Waals surface area (Å²) in [7, 11) is 0. The van der Waals surface area contributed by atoms with E-state index in [4.69, 9.17) is 0 Å². The van der Waals surface area contributed by atoms with Crippen LogP contribution in [-0.2, 0) is 17.6 Å². The number of carbonyl (C=O) groups is 2. The second-order valence-electron chi connectivity index (χ2n) is 9.44. The van der Waals surface area contributed by atoms with Crippen molar-refractivity contribution in [2.24, 2.45) is 17.3 Å². The molecule has 2 amide bonds. The van der Waals surface area contributed by atoms with Crippen LogP contribution in [0.4, 0.5) is 0 Å². The number of hydrogen-bond donors (Lipinski definition) is 0. The summed E-state index contributed by atoms with van der Waals surface area (Å²) in [6, 6.07) is 2.16. The fraction of sp³-hybridized carbons (Fsp3) is 0.739. The Hall–Kier alpha value is -1.36. The van der Waals surface area contributed by atoms with E-state index in [1.165, 1.54) is 16.9 Å². The monoisotopic (exact) mass is 404 g/mol. The lowest BCUT2D eigenvalue weighted by molar-refractivity contribution is -0.136. The highest BCUT2D eigenvalue weighted by Crippen LogP contribution is 2.40. The maximum atomic E-state index is 13.1. The molecule has 1 unspecified atom stereocenters. The lowest BCUT2D eigenvalue weighted by Crippen LogP contribution is -2.44. The van der Waals surface area contributed by atoms with Crippen molar-refractivity contribution in [1.29, 1.82) is 0 Å². The van der Waals surface area contributed by atoms with Gasteiger partial charge in [0.2, 0.25) is 5.91 Å². The minimum Gasteiger partial charge on any atom is -0.343 e. The molecule has 0 N–H and O–H groups in total. The normalized spacial score (nSPS) is 20.8. The standard InChI is InChI=1S/C23H36N2O2S/c1-6-24(7-2)21(26)16-10-12-25(13-11-16)22(27)20-15-17-14-18(23(3,4)5)8-9-19(17)28-20/h15-16,18H,6-14H2,1-5H3. The number of fused-ring (bicyclic) bond motifs is 1. The molecule has 1 aromatic heterocycles. The topological polar surface area (TPSA) is 40.6 Å². The molecule has 1 aliphatic carbocycles. The van der Waals surface area contributed by atoms with Gasteiger partial charge in [-0.3, -0.25) is 9.59 Å². The molecule has 0 bridgehead atoms. The number of carbonyl (C=O) groups excluding carboxylic acids is 2. The number of aryl methyl sites for hydroxylation is 1. The summed E-state index contributed by atoms with van der Waals surface area (Å²) < 4.78 is 0. The van der Waals surface area contributed by atoms with Gasteiger partial charge in [0.15, 0.2) is 0 Å². The molecular formula is C23H36N2O2S. The second-order valence-corrected chi connectivity index (χ2v) is 10.6. The molecule has 1 atom stereocenters. The van der Waals surface area contributed by atoms with Crippen LogP contribution in [0.3, 0.4) is 0 Å². The zero-order chi connectivity index (χ0) is 20.5. The van der Waals surface area contributed by atoms with Crippen LogP contribution >= 0.6 is 11.3 Å². The Kier molecular flexibility index (Phi) is 6.53. The molecule has 0 radical (unpaired) electrons. The highest BCUT2D eigenvalue weighted by Gasteiger charge is 2.33. The van der Waals surface area contributed by atoms with Gasteiger partial charge in [-0.25, -0.2) is 0 Å². The average molecular weight is 405 g/mol. The summed E-state index contributed by atoms with van der Waals surface area (Å²) in [5.74, 6) is 1.20. The van der Waals surface area contributed by atoms with E-state index < -0.39 is 0 Å². The summed E-state index contributed by atoms with van der Waals surface area (Å²) in [4.78, 5) is 31.8. The number of piperidine rings is 1. The van der Waals surface area contributed by atoms with Crippen molar-refractivity contribution in [3.05, 3.63) is 21.4 Å². The van der Waals surface area contributed by atoms with Gasteiger partial charge in [0.1, 0.15) is 0 Å². The van der Waals surface area contributed by atoms with Crippen LogP contribution in [0, 0.1) is 17.3 Å². The van der Waals surface area contributed by atoms with Gasteiger partial charge < -0.3 is 9.80 Å². The molecule has 0 spiro atoms. The number of rotatable bonds is 4. The van der Waals surface area contributed by atoms with E-state index in [9.17, 15) is 9.59 Å². The molecule has 1 aromatic rings. The Bertz CT molecular complexity index is 707. The lowest BCUT2D eigenvalue weighted by atomic mass is 9.72. The van der Waals surface area contributed by atoms with Gasteiger partial charge >= 0.3 is 0 Å². The lowest BCUT2D eigenvalue weighted by Gasteiger charge is -2.33. The van der Waals surface area contributed by atoms with Gasteiger partial charge in [0.05, 0.1) is 4.88 Å². The molecule has 2 aliphatic rings. The molecule has 5 heteroatoms. The third kappa shape index (κ3) is 4.45. The van der Waals surface area contributed by atoms with E-state index in [-0.39, 0.29) is 17.7 Å². The van der Waals surface area contributed by atoms with E-state index >= 15 is 0 Å². The maximum Gasteiger partial charge on any atom is 0.263 e. The smallest absolute Gasteiger partial charge is 0.263 e. The summed E-state index contributed by atoms with van der Waals surface area (Å²) >= 11 is 1.70. The van der Waals surface area contributed by atoms with Crippen molar-refractivity contribution in [2.45, 2.75) is 66.7 Å². The zero-order valence-electron chi connectivity index (χ0n) is 18.2. The average Bonchev–Trinajstić information content (AvgIpc) is 3.11. The fourth-order valence-electron chi connectivity index (χ4n) is 4.65. The van der Waals surface area contributed by atoms with Crippen LogP contribution in [0.5, 0.6) is 0 Å². The SMILES string of the molecule is CCN(CC)C(=O)C1CCN(C(=O)c2cc3c(s2)CCC(C(C)(C)C)C3)CC1. The first-order chi connectivity index (χ1) is 13.2. The van der Waals surface area contributed by atoms with Crippen LogP contribution in [0.2, 0.25) is 0 Å². The largest absolute Gasteiger partial charge is 0.343 e. The van der Waals surface area contributed by atoms with Gasteiger partial charge in [-0.05, 0) is 68.9 Å². The van der Waals surface area contributed by atoms with Gasteiger partial charge in [-0.1, -0.05) is 20.8 Å². The van der Waals surface area contributed by atoms with Crippen molar-refractivity contribution in [2.75, 3.05) is 26.2 Å². The molecule has 156 valence electrons. The minimum absolute atomic E-state index is 0.0769. The van der Waals surface area contributed by atoms with E-state index in [0.29, 0.717) is 24.4 Å². The fourth-order valence-corrected chi connectivity index (χ4v) is 5.82. The second kappa shape index (κ2) is 8.56. The molecule has 3 rings (SSSR count). The zero-order valence-corrected chi connectivity index (χ0v) is 19.0. The minimum atomic E-state index is 0.0769. The number of amides is 2. The van der Waals surface area contributed by atoms with Crippen molar-refractivity contribution < 1.29 is 9.59 Å². The molecule has 1 fully saturated rings. The molecule has 2 heterocycles. The van der Waals surface area contributed by atoms with E-state index in [2.05, 4.69) is 26.8 Å². The first-order valence-corrected chi connectivity index (χ1v) is 11.8. The van der Waals surface area contributed by atoms with Gasteiger partial charge in [0.25, 0.3) is 5.91 Å². The number of likely N-dealkylation sites (tertiary alicyclic amines) is 1.